The first kappa shape index (κ1) is 17.9. The number of hydrogen-bond donors (Lipinski definition) is 2. The van der Waals surface area contributed by atoms with Crippen LogP contribution in [0.1, 0.15) is 49.0 Å². The number of carbonyl (C=O) groups is 1. The van der Waals surface area contributed by atoms with Crippen LogP contribution in [-0.2, 0) is 0 Å². The first-order chi connectivity index (χ1) is 12.8. The fourth-order valence-electron chi connectivity index (χ4n) is 4.08. The van der Waals surface area contributed by atoms with Gasteiger partial charge in [0.2, 0.25) is 5.43 Å². The zero-order chi connectivity index (χ0) is 19.3. The average molecular weight is 372 g/mol. The average Bonchev–Trinajstić information content (AvgIpc) is 3.45. The summed E-state index contributed by atoms with van der Waals surface area (Å²) < 4.78 is 7.60. The number of piperidine rings is 1. The number of nitrogens with zero attached hydrogens (tertiary/aromatic N) is 2. The topological polar surface area (TPSA) is 92.0 Å². The molecule has 2 N–H and O–H groups in total. The smallest absolute Gasteiger partial charge is 0.341 e. The number of β-amino-alcohol motifs (C(OH)–C–C–N with tert-alkyl or cyclic N) is 1. The van der Waals surface area contributed by atoms with Crippen LogP contribution < -0.4 is 15.1 Å². The van der Waals surface area contributed by atoms with Crippen molar-refractivity contribution in [2.45, 2.75) is 44.2 Å². The Balaban J connectivity index is 1.96. The molecule has 1 saturated heterocycles. The number of aliphatic hydroxyl groups is 1. The normalized spacial score (nSPS) is 22.9. The number of fused-ring (bicyclic) bond motifs is 1. The number of carboxylic acids is 1. The van der Waals surface area contributed by atoms with E-state index in [1.54, 1.807) is 19.2 Å². The molecule has 0 amide bonds. The lowest BCUT2D eigenvalue weighted by Crippen LogP contribution is -2.46. The number of anilines is 1. The lowest BCUT2D eigenvalue weighted by Gasteiger charge is -2.39. The summed E-state index contributed by atoms with van der Waals surface area (Å²) in [6, 6.07) is 3.66. The Morgan fingerprint density at radius 2 is 2.07 bits per heavy atom. The predicted molar refractivity (Wildman–Crippen MR) is 102 cm³/mol. The molecular weight excluding hydrogens is 348 g/mol. The molecule has 2 heterocycles. The number of ether oxygens (including phenoxy) is 1. The molecule has 27 heavy (non-hydrogen) atoms. The van der Waals surface area contributed by atoms with Crippen LogP contribution in [0.4, 0.5) is 5.69 Å². The summed E-state index contributed by atoms with van der Waals surface area (Å²) in [6.07, 6.45) is 4.95. The Hall–Kier alpha value is -2.54. The van der Waals surface area contributed by atoms with Gasteiger partial charge in [-0.05, 0) is 44.7 Å². The highest BCUT2D eigenvalue weighted by molar-refractivity contribution is 5.97. The second-order valence-corrected chi connectivity index (χ2v) is 7.85. The molecule has 0 radical (unpaired) electrons. The van der Waals surface area contributed by atoms with Gasteiger partial charge in [0.15, 0.2) is 5.75 Å². The van der Waals surface area contributed by atoms with Crippen LogP contribution in [0.2, 0.25) is 0 Å². The molecule has 1 aromatic heterocycles. The maximum atomic E-state index is 12.7. The van der Waals surface area contributed by atoms with Gasteiger partial charge in [-0.25, -0.2) is 4.79 Å². The molecule has 144 valence electrons. The highest BCUT2D eigenvalue weighted by Crippen LogP contribution is 2.43. The lowest BCUT2D eigenvalue weighted by molar-refractivity contribution is 0.0448. The molecule has 0 bridgehead atoms. The maximum Gasteiger partial charge on any atom is 0.341 e. The van der Waals surface area contributed by atoms with E-state index in [-0.39, 0.29) is 11.6 Å². The first-order valence-corrected chi connectivity index (χ1v) is 9.29. The monoisotopic (exact) mass is 372 g/mol. The van der Waals surface area contributed by atoms with Gasteiger partial charge in [-0.15, -0.1) is 0 Å². The summed E-state index contributed by atoms with van der Waals surface area (Å²) in [5.74, 6) is -0.655. The van der Waals surface area contributed by atoms with Gasteiger partial charge >= 0.3 is 5.97 Å². The van der Waals surface area contributed by atoms with Crippen molar-refractivity contribution in [1.82, 2.24) is 4.57 Å². The molecule has 1 aliphatic heterocycles. The van der Waals surface area contributed by atoms with E-state index in [0.717, 1.165) is 37.9 Å². The zero-order valence-electron chi connectivity index (χ0n) is 15.6. The van der Waals surface area contributed by atoms with E-state index in [1.807, 2.05) is 11.5 Å². The van der Waals surface area contributed by atoms with E-state index in [4.69, 9.17) is 4.74 Å². The largest absolute Gasteiger partial charge is 0.492 e. The summed E-state index contributed by atoms with van der Waals surface area (Å²) in [7, 11) is 1.56. The van der Waals surface area contributed by atoms with Crippen molar-refractivity contribution in [2.24, 2.45) is 0 Å². The van der Waals surface area contributed by atoms with Crippen molar-refractivity contribution in [3.63, 3.8) is 0 Å². The molecule has 1 aliphatic carbocycles. The number of carboxylic acid groups (broad SMARTS) is 1. The van der Waals surface area contributed by atoms with Crippen LogP contribution in [0.25, 0.3) is 10.9 Å². The standard InChI is InChI=1S/C20H24N2O5/c1-20(26)8-3-9-21(11-20)15-7-6-13-16(18(15)27-2)22(12-4-5-12)10-14(17(13)23)19(24)25/h6-7,10,12,26H,3-5,8-9,11H2,1-2H3,(H,24,25). The van der Waals surface area contributed by atoms with Crippen LogP contribution in [-0.4, -0.2) is 46.5 Å². The molecule has 2 fully saturated rings. The Kier molecular flexibility index (Phi) is 4.14. The first-order valence-electron chi connectivity index (χ1n) is 9.29. The fourth-order valence-corrected chi connectivity index (χ4v) is 4.08. The van der Waals surface area contributed by atoms with E-state index >= 15 is 0 Å². The molecule has 1 atom stereocenters. The van der Waals surface area contributed by atoms with Gasteiger partial charge in [0.1, 0.15) is 5.56 Å². The second kappa shape index (κ2) is 6.27. The van der Waals surface area contributed by atoms with Crippen molar-refractivity contribution in [3.05, 3.63) is 34.1 Å². The van der Waals surface area contributed by atoms with Crippen molar-refractivity contribution >= 4 is 22.6 Å². The second-order valence-electron chi connectivity index (χ2n) is 7.85. The van der Waals surface area contributed by atoms with Gasteiger partial charge in [-0.2, -0.15) is 0 Å². The molecule has 1 aromatic carbocycles. The number of pyridine rings is 1. The highest BCUT2D eigenvalue weighted by Gasteiger charge is 2.32. The third-order valence-corrected chi connectivity index (χ3v) is 5.52. The Morgan fingerprint density at radius 1 is 1.33 bits per heavy atom. The molecule has 7 heteroatoms. The molecule has 0 spiro atoms. The molecule has 2 aliphatic rings. The van der Waals surface area contributed by atoms with Gasteiger partial charge in [0.05, 0.1) is 29.3 Å². The van der Waals surface area contributed by atoms with Crippen LogP contribution in [0.3, 0.4) is 0 Å². The van der Waals surface area contributed by atoms with E-state index in [2.05, 4.69) is 4.90 Å². The minimum absolute atomic E-state index is 0.180. The van der Waals surface area contributed by atoms with Gasteiger partial charge in [-0.3, -0.25) is 4.79 Å². The lowest BCUT2D eigenvalue weighted by atomic mass is 9.94. The summed E-state index contributed by atoms with van der Waals surface area (Å²) in [5.41, 5.74) is -0.0313. The van der Waals surface area contributed by atoms with Gasteiger partial charge in [-0.1, -0.05) is 0 Å². The Labute approximate surface area is 156 Å². The Bertz CT molecular complexity index is 974. The van der Waals surface area contributed by atoms with E-state index in [1.165, 1.54) is 6.20 Å². The van der Waals surface area contributed by atoms with Crippen LogP contribution in [0, 0.1) is 0 Å². The molecule has 7 nitrogen and oxygen atoms in total. The number of aromatic nitrogens is 1. The van der Waals surface area contributed by atoms with Crippen molar-refractivity contribution < 1.29 is 19.7 Å². The minimum atomic E-state index is -1.22. The van der Waals surface area contributed by atoms with Crippen LogP contribution in [0.5, 0.6) is 5.75 Å². The summed E-state index contributed by atoms with van der Waals surface area (Å²) in [5, 5.41) is 20.2. The maximum absolute atomic E-state index is 12.7. The summed E-state index contributed by atoms with van der Waals surface area (Å²) >= 11 is 0. The number of hydrogen-bond acceptors (Lipinski definition) is 5. The van der Waals surface area contributed by atoms with Crippen molar-refractivity contribution in [3.8, 4) is 5.75 Å². The van der Waals surface area contributed by atoms with E-state index in [9.17, 15) is 19.8 Å². The van der Waals surface area contributed by atoms with Gasteiger partial charge in [0, 0.05) is 25.3 Å². The predicted octanol–water partition coefficient (Wildman–Crippen LogP) is 2.39. The highest BCUT2D eigenvalue weighted by atomic mass is 16.5. The zero-order valence-corrected chi connectivity index (χ0v) is 15.6. The molecule has 2 aromatic rings. The number of methoxy groups -OCH3 is 1. The summed E-state index contributed by atoms with van der Waals surface area (Å²) in [6.45, 7) is 3.10. The molecular formula is C20H24N2O5. The fraction of sp³-hybridized carbons (Fsp3) is 0.500. The molecule has 1 saturated carbocycles. The number of benzene rings is 1. The van der Waals surface area contributed by atoms with Gasteiger partial charge < -0.3 is 24.4 Å². The number of aromatic carboxylic acids is 1. The SMILES string of the molecule is COc1c(N2CCCC(C)(O)C2)ccc2c(=O)c(C(=O)O)cn(C3CC3)c12. The quantitative estimate of drug-likeness (QED) is 0.856. The third-order valence-electron chi connectivity index (χ3n) is 5.52. The Morgan fingerprint density at radius 3 is 2.67 bits per heavy atom. The molecule has 1 unspecified atom stereocenters. The van der Waals surface area contributed by atoms with E-state index < -0.39 is 17.0 Å². The number of rotatable bonds is 4. The molecule has 4 rings (SSSR count). The van der Waals surface area contributed by atoms with Gasteiger partial charge in [0.25, 0.3) is 0 Å². The van der Waals surface area contributed by atoms with Crippen molar-refractivity contribution in [1.29, 1.82) is 0 Å². The van der Waals surface area contributed by atoms with Crippen LogP contribution in [0.15, 0.2) is 23.1 Å². The summed E-state index contributed by atoms with van der Waals surface area (Å²) in [4.78, 5) is 26.3. The minimum Gasteiger partial charge on any atom is -0.492 e. The van der Waals surface area contributed by atoms with E-state index in [0.29, 0.717) is 23.2 Å². The van der Waals surface area contributed by atoms with Crippen molar-refractivity contribution in [2.75, 3.05) is 25.1 Å². The third kappa shape index (κ3) is 3.06. The van der Waals surface area contributed by atoms with Crippen LogP contribution >= 0.6 is 0 Å².